The van der Waals surface area contributed by atoms with E-state index in [0.29, 0.717) is 5.57 Å². The van der Waals surface area contributed by atoms with Gasteiger partial charge in [-0.15, -0.1) is 0 Å². The van der Waals surface area contributed by atoms with Crippen molar-refractivity contribution in [3.63, 3.8) is 0 Å². The Kier molecular flexibility index (Phi) is 6.60. The molecule has 0 fully saturated rings. The first kappa shape index (κ1) is 15.4. The Morgan fingerprint density at radius 1 is 1.31 bits per heavy atom. The lowest BCUT2D eigenvalue weighted by Crippen LogP contribution is -2.50. The summed E-state index contributed by atoms with van der Waals surface area (Å²) < 4.78 is 11.2. The summed E-state index contributed by atoms with van der Waals surface area (Å²) in [4.78, 5) is 11.6. The number of carbonyl (C=O) groups excluding carboxylic acids is 1. The molecule has 0 aromatic carbocycles. The normalized spacial score (nSPS) is 13.3. The first-order chi connectivity index (χ1) is 7.47. The van der Waals surface area contributed by atoms with Crippen LogP contribution >= 0.6 is 0 Å². The monoisotopic (exact) mass is 244 g/mol. The molecule has 4 heteroatoms. The lowest BCUT2D eigenvalue weighted by atomic mass is 10.4. The van der Waals surface area contributed by atoms with E-state index < -0.39 is 8.32 Å². The van der Waals surface area contributed by atoms with Gasteiger partial charge in [0.05, 0.1) is 0 Å². The number of hydrogen-bond acceptors (Lipinski definition) is 3. The Balaban J connectivity index is 4.81. The van der Waals surface area contributed by atoms with Gasteiger partial charge in [0.15, 0.2) is 0 Å². The number of ether oxygens (including phenoxy) is 1. The Morgan fingerprint density at radius 2 is 1.81 bits per heavy atom. The van der Waals surface area contributed by atoms with Crippen LogP contribution in [0.1, 0.15) is 34.1 Å². The van der Waals surface area contributed by atoms with Crippen LogP contribution in [-0.4, -0.2) is 27.1 Å². The summed E-state index contributed by atoms with van der Waals surface area (Å²) in [6.45, 7) is 11.5. The van der Waals surface area contributed by atoms with Crippen LogP contribution in [0.4, 0.5) is 0 Å². The summed E-state index contributed by atoms with van der Waals surface area (Å²) in [5, 5.41) is 0. The van der Waals surface area contributed by atoms with Gasteiger partial charge in [-0.2, -0.15) is 0 Å². The van der Waals surface area contributed by atoms with Gasteiger partial charge in [0, 0.05) is 12.7 Å². The first-order valence-electron chi connectivity index (χ1n) is 5.89. The molecule has 0 saturated heterocycles. The minimum atomic E-state index is -1.94. The van der Waals surface area contributed by atoms with E-state index in [1.165, 1.54) is 0 Å². The second-order valence-corrected chi connectivity index (χ2v) is 8.65. The molecule has 0 amide bonds. The van der Waals surface area contributed by atoms with Crippen molar-refractivity contribution >= 4 is 14.3 Å². The first-order valence-corrected chi connectivity index (χ1v) is 8.29. The molecule has 3 nitrogen and oxygen atoms in total. The predicted octanol–water partition coefficient (Wildman–Crippen LogP) is 3.06. The van der Waals surface area contributed by atoms with E-state index in [0.717, 1.165) is 18.5 Å². The molecule has 0 aromatic rings. The molecule has 0 heterocycles. The molecule has 1 atom stereocenters. The highest BCUT2D eigenvalue weighted by atomic mass is 28.4. The van der Waals surface area contributed by atoms with Crippen molar-refractivity contribution < 1.29 is 14.0 Å². The predicted molar refractivity (Wildman–Crippen MR) is 68.7 cm³/mol. The maximum Gasteiger partial charge on any atom is 0.333 e. The maximum absolute atomic E-state index is 11.6. The van der Waals surface area contributed by atoms with Crippen LogP contribution in [0.15, 0.2) is 12.2 Å². The van der Waals surface area contributed by atoms with Crippen LogP contribution in [0.25, 0.3) is 0 Å². The van der Waals surface area contributed by atoms with E-state index in [9.17, 15) is 4.79 Å². The molecule has 0 rings (SSSR count). The van der Waals surface area contributed by atoms with E-state index in [1.807, 2.05) is 6.92 Å². The maximum atomic E-state index is 11.6. The molecule has 0 aliphatic rings. The second kappa shape index (κ2) is 6.86. The minimum Gasteiger partial charge on any atom is -0.460 e. The van der Waals surface area contributed by atoms with Crippen LogP contribution in [0.3, 0.4) is 0 Å². The minimum absolute atomic E-state index is 0.0725. The van der Waals surface area contributed by atoms with Gasteiger partial charge in [-0.05, 0) is 25.4 Å². The molecular weight excluding hydrogens is 220 g/mol. The molecule has 0 spiro atoms. The molecule has 0 saturated carbocycles. The van der Waals surface area contributed by atoms with Gasteiger partial charge in [-0.3, -0.25) is 0 Å². The number of rotatable bonds is 7. The summed E-state index contributed by atoms with van der Waals surface area (Å²) in [7, 11) is -0.207. The Labute approximate surface area is 100.0 Å². The Morgan fingerprint density at radius 3 is 2.06 bits per heavy atom. The van der Waals surface area contributed by atoms with Crippen LogP contribution < -0.4 is 0 Å². The average molecular weight is 244 g/mol. The fraction of sp³-hybridized carbons (Fsp3) is 0.750. The highest BCUT2D eigenvalue weighted by Crippen LogP contribution is 2.25. The molecule has 0 aliphatic carbocycles. The molecule has 0 N–H and O–H groups in total. The van der Waals surface area contributed by atoms with Crippen molar-refractivity contribution in [3.05, 3.63) is 12.2 Å². The molecule has 16 heavy (non-hydrogen) atoms. The lowest BCUT2D eigenvalue weighted by molar-refractivity contribution is -0.141. The Hall–Kier alpha value is -0.613. The number of esters is 1. The smallest absolute Gasteiger partial charge is 0.333 e. The zero-order valence-electron chi connectivity index (χ0n) is 11.1. The molecule has 0 radical (unpaired) electrons. The molecule has 0 aromatic heterocycles. The van der Waals surface area contributed by atoms with E-state index >= 15 is 0 Å². The Bertz CT molecular complexity index is 238. The average Bonchev–Trinajstić information content (AvgIpc) is 2.29. The van der Waals surface area contributed by atoms with Gasteiger partial charge in [0.2, 0.25) is 8.32 Å². The van der Waals surface area contributed by atoms with E-state index in [1.54, 1.807) is 14.0 Å². The fourth-order valence-electron chi connectivity index (χ4n) is 1.92. The van der Waals surface area contributed by atoms with Gasteiger partial charge < -0.3 is 9.16 Å². The zero-order chi connectivity index (χ0) is 12.8. The number of carbonyl (C=O) groups is 1. The summed E-state index contributed by atoms with van der Waals surface area (Å²) >= 11 is 0. The van der Waals surface area contributed by atoms with Gasteiger partial charge >= 0.3 is 5.97 Å². The molecule has 1 unspecified atom stereocenters. The largest absolute Gasteiger partial charge is 0.460 e. The van der Waals surface area contributed by atoms with Crippen molar-refractivity contribution in [2.45, 2.75) is 51.9 Å². The van der Waals surface area contributed by atoms with Gasteiger partial charge in [-0.25, -0.2) is 4.79 Å². The summed E-state index contributed by atoms with van der Waals surface area (Å²) in [6.07, 6.45) is 0.806. The topological polar surface area (TPSA) is 35.5 Å². The van der Waals surface area contributed by atoms with E-state index in [4.69, 9.17) is 9.16 Å². The van der Waals surface area contributed by atoms with E-state index in [-0.39, 0.29) is 11.7 Å². The van der Waals surface area contributed by atoms with Crippen molar-refractivity contribution in [1.82, 2.24) is 0 Å². The quantitative estimate of drug-likeness (QED) is 0.392. The SMILES string of the molecule is C=C(C)C(=O)OC(CC)[Si](CC)(CC)OC. The lowest BCUT2D eigenvalue weighted by Gasteiger charge is -2.34. The second-order valence-electron chi connectivity index (χ2n) is 4.06. The van der Waals surface area contributed by atoms with Crippen LogP contribution in [0.2, 0.25) is 12.1 Å². The van der Waals surface area contributed by atoms with Crippen molar-refractivity contribution in [3.8, 4) is 0 Å². The molecule has 94 valence electrons. The third kappa shape index (κ3) is 3.45. The van der Waals surface area contributed by atoms with Gasteiger partial charge in [0.1, 0.15) is 5.73 Å². The molecular formula is C12H24O3Si. The molecule has 0 bridgehead atoms. The van der Waals surface area contributed by atoms with Crippen molar-refractivity contribution in [2.75, 3.05) is 7.11 Å². The fourth-order valence-corrected chi connectivity index (χ4v) is 5.23. The third-order valence-corrected chi connectivity index (χ3v) is 8.07. The van der Waals surface area contributed by atoms with Gasteiger partial charge in [-0.1, -0.05) is 27.4 Å². The zero-order valence-corrected chi connectivity index (χ0v) is 12.1. The highest BCUT2D eigenvalue weighted by Gasteiger charge is 2.41. The van der Waals surface area contributed by atoms with Gasteiger partial charge in [0.25, 0.3) is 0 Å². The highest BCUT2D eigenvalue weighted by molar-refractivity contribution is 6.75. The standard InChI is InChI=1S/C12H24O3Si/c1-7-11(15-12(13)10(4)5)16(8-2,9-3)14-6/h11H,4,7-9H2,1-3,5-6H3. The number of hydrogen-bond donors (Lipinski definition) is 0. The van der Waals surface area contributed by atoms with E-state index in [2.05, 4.69) is 20.4 Å². The van der Waals surface area contributed by atoms with Crippen molar-refractivity contribution in [2.24, 2.45) is 0 Å². The van der Waals surface area contributed by atoms with Crippen LogP contribution in [-0.2, 0) is 14.0 Å². The summed E-state index contributed by atoms with van der Waals surface area (Å²) in [5.41, 5.74) is 0.376. The summed E-state index contributed by atoms with van der Waals surface area (Å²) in [6, 6.07) is 1.92. The molecule has 0 aliphatic heterocycles. The van der Waals surface area contributed by atoms with Crippen LogP contribution in [0.5, 0.6) is 0 Å². The summed E-state index contributed by atoms with van der Waals surface area (Å²) in [5.74, 6) is -0.303. The van der Waals surface area contributed by atoms with Crippen molar-refractivity contribution in [1.29, 1.82) is 0 Å². The third-order valence-electron chi connectivity index (χ3n) is 3.16. The van der Waals surface area contributed by atoms with Crippen LogP contribution in [0, 0.1) is 0 Å².